The van der Waals surface area contributed by atoms with E-state index in [1.807, 2.05) is 21.1 Å². The maximum absolute atomic E-state index is 12.9. The minimum absolute atomic E-state index is 0.0229. The number of esters is 2. The Morgan fingerprint density at radius 1 is 0.333 bits per heavy atom. The van der Waals surface area contributed by atoms with Crippen LogP contribution in [0.15, 0.2) is 146 Å². The molecule has 0 saturated heterocycles. The summed E-state index contributed by atoms with van der Waals surface area (Å²) in [7, 11) is 1.46. The first kappa shape index (κ1) is 91.9. The van der Waals surface area contributed by atoms with Crippen molar-refractivity contribution < 1.29 is 42.1 Å². The van der Waals surface area contributed by atoms with E-state index in [-0.39, 0.29) is 32.0 Å². The lowest BCUT2D eigenvalue weighted by atomic mass is 10.0. The molecule has 2 atom stereocenters. The molecular formula is C86H149NO8P+. The Kier molecular flexibility index (Phi) is 71.9. The predicted octanol–water partition coefficient (Wildman–Crippen LogP) is 26.5. The second-order valence-electron chi connectivity index (χ2n) is 27.4. The smallest absolute Gasteiger partial charge is 0.462 e. The number of phosphoric ester groups is 1. The number of phosphoric acid groups is 1. The van der Waals surface area contributed by atoms with E-state index in [4.69, 9.17) is 18.5 Å². The first-order valence-electron chi connectivity index (χ1n) is 39.6. The van der Waals surface area contributed by atoms with Crippen LogP contribution in [0.25, 0.3) is 0 Å². The van der Waals surface area contributed by atoms with Gasteiger partial charge in [0.1, 0.15) is 19.8 Å². The molecule has 550 valence electrons. The predicted molar refractivity (Wildman–Crippen MR) is 417 cm³/mol. The van der Waals surface area contributed by atoms with Crippen molar-refractivity contribution in [2.45, 2.75) is 341 Å². The van der Waals surface area contributed by atoms with Crippen molar-refractivity contribution in [3.8, 4) is 0 Å². The Balaban J connectivity index is 4.05. The molecule has 0 radical (unpaired) electrons. The zero-order chi connectivity index (χ0) is 69.7. The van der Waals surface area contributed by atoms with Crippen LogP contribution in [-0.2, 0) is 32.7 Å². The van der Waals surface area contributed by atoms with Gasteiger partial charge in [0.05, 0.1) is 27.7 Å². The van der Waals surface area contributed by atoms with Crippen LogP contribution in [0.2, 0.25) is 0 Å². The van der Waals surface area contributed by atoms with Crippen LogP contribution in [0.1, 0.15) is 335 Å². The Morgan fingerprint density at radius 2 is 0.594 bits per heavy atom. The SMILES string of the molecule is CC/C=C\C/C=C\C/C=C\C/C=C\C/C=C\C/C=C\C/C=C\C/C=C\C/C=C\C/C=C\CCCCCCCCC(=O)OC(COC(=O)CCCCCCCCCCCCCCCCCCCCCCCCC/C=C\C/C=C\CCCCCCC)COP(=O)(O)OCC[N+](C)(C)C. The number of rotatable bonds is 72. The first-order valence-corrected chi connectivity index (χ1v) is 41.1. The van der Waals surface area contributed by atoms with Crippen molar-refractivity contribution in [3.05, 3.63) is 146 Å². The number of quaternary nitrogens is 1. The molecule has 0 rings (SSSR count). The second-order valence-corrected chi connectivity index (χ2v) is 28.8. The number of carbonyl (C=O) groups excluding carboxylic acids is 2. The molecule has 0 aromatic rings. The van der Waals surface area contributed by atoms with Gasteiger partial charge in [0, 0.05) is 12.8 Å². The van der Waals surface area contributed by atoms with Crippen molar-refractivity contribution in [3.63, 3.8) is 0 Å². The van der Waals surface area contributed by atoms with Crippen molar-refractivity contribution in [2.24, 2.45) is 0 Å². The molecule has 0 bridgehead atoms. The first-order chi connectivity index (χ1) is 47.0. The third-order valence-electron chi connectivity index (χ3n) is 16.9. The zero-order valence-electron chi connectivity index (χ0n) is 62.8. The molecule has 0 aliphatic heterocycles. The number of hydrogen-bond donors (Lipinski definition) is 1. The van der Waals surface area contributed by atoms with Gasteiger partial charge in [-0.25, -0.2) is 4.57 Å². The van der Waals surface area contributed by atoms with E-state index in [2.05, 4.69) is 160 Å². The van der Waals surface area contributed by atoms with Gasteiger partial charge < -0.3 is 18.9 Å². The van der Waals surface area contributed by atoms with Gasteiger partial charge in [-0.15, -0.1) is 0 Å². The van der Waals surface area contributed by atoms with Crippen LogP contribution in [0, 0.1) is 0 Å². The molecule has 0 spiro atoms. The van der Waals surface area contributed by atoms with Crippen LogP contribution in [0.5, 0.6) is 0 Å². The van der Waals surface area contributed by atoms with Crippen molar-refractivity contribution in [2.75, 3.05) is 47.5 Å². The average molecular weight is 1360 g/mol. The summed E-state index contributed by atoms with van der Waals surface area (Å²) in [5.41, 5.74) is 0. The Hall–Kier alpha value is -4.11. The molecule has 0 aromatic heterocycles. The summed E-state index contributed by atoms with van der Waals surface area (Å²) in [4.78, 5) is 36.0. The third kappa shape index (κ3) is 78.9. The molecule has 10 heteroatoms. The van der Waals surface area contributed by atoms with Crippen molar-refractivity contribution in [1.82, 2.24) is 0 Å². The molecule has 1 N–H and O–H groups in total. The van der Waals surface area contributed by atoms with Gasteiger partial charge in [0.25, 0.3) is 0 Å². The van der Waals surface area contributed by atoms with Crippen LogP contribution in [0.3, 0.4) is 0 Å². The molecule has 0 fully saturated rings. The van der Waals surface area contributed by atoms with E-state index in [9.17, 15) is 19.0 Å². The highest BCUT2D eigenvalue weighted by molar-refractivity contribution is 7.47. The van der Waals surface area contributed by atoms with Crippen LogP contribution in [-0.4, -0.2) is 74.9 Å². The van der Waals surface area contributed by atoms with Gasteiger partial charge in [-0.3, -0.25) is 18.6 Å². The normalized spacial score (nSPS) is 13.9. The maximum Gasteiger partial charge on any atom is 0.472 e. The third-order valence-corrected chi connectivity index (χ3v) is 17.8. The molecule has 0 aromatic carbocycles. The Morgan fingerprint density at radius 3 is 0.885 bits per heavy atom. The summed E-state index contributed by atoms with van der Waals surface area (Å²) < 4.78 is 34.8. The highest BCUT2D eigenvalue weighted by Crippen LogP contribution is 2.43. The minimum atomic E-state index is -4.41. The highest BCUT2D eigenvalue weighted by atomic mass is 31.2. The summed E-state index contributed by atoms with van der Waals surface area (Å²) in [5, 5.41) is 0. The standard InChI is InChI=1S/C86H148NO8P/c1-6-8-10-12-14-16-18-20-22-24-26-28-30-32-34-36-38-40-42-43-45-47-49-51-53-55-57-59-61-63-65-67-69-71-73-75-77-79-86(89)95-84(83-94-96(90,91)93-81-80-87(3,4)5)82-92-85(88)78-76-74-72-70-68-66-64-62-60-58-56-54-52-50-48-46-44-41-39-37-35-33-31-29-27-25-23-21-19-17-15-13-11-9-7-2/h8,10,14,16,19-22,25-28,32,34,38,40,43,45,49,51,55,57,61,63,84H,6-7,9,11-13,15,17-18,23-24,29-31,33,35-37,39,41-42,44,46-48,50,52-54,56,58-60,62,64-83H2,1-5H3/p+1/b10-8-,16-14-,21-19-,22-20-,27-25-,28-26-,34-32-,40-38-,45-43-,51-49-,57-55-,63-61-. The fraction of sp³-hybridized carbons (Fsp3) is 0.698. The van der Waals surface area contributed by atoms with E-state index in [0.717, 1.165) is 128 Å². The fourth-order valence-corrected chi connectivity index (χ4v) is 11.6. The van der Waals surface area contributed by atoms with E-state index in [1.54, 1.807) is 0 Å². The largest absolute Gasteiger partial charge is 0.472 e. The summed E-state index contributed by atoms with van der Waals surface area (Å²) in [6.07, 6.45) is 111. The number of unbranched alkanes of at least 4 members (excludes halogenated alkanes) is 34. The summed E-state index contributed by atoms with van der Waals surface area (Å²) in [6, 6.07) is 0. The lowest BCUT2D eigenvalue weighted by Crippen LogP contribution is -2.37. The van der Waals surface area contributed by atoms with Crippen LogP contribution < -0.4 is 0 Å². The van der Waals surface area contributed by atoms with Gasteiger partial charge in [-0.05, 0) is 122 Å². The molecule has 0 amide bonds. The Bertz CT molecular complexity index is 2140. The molecule has 0 aliphatic rings. The second kappa shape index (κ2) is 75.1. The van der Waals surface area contributed by atoms with Crippen molar-refractivity contribution >= 4 is 19.8 Å². The van der Waals surface area contributed by atoms with E-state index >= 15 is 0 Å². The molecule has 9 nitrogen and oxygen atoms in total. The summed E-state index contributed by atoms with van der Waals surface area (Å²) in [5.74, 6) is -0.811. The van der Waals surface area contributed by atoms with Crippen LogP contribution in [0.4, 0.5) is 0 Å². The van der Waals surface area contributed by atoms with Crippen molar-refractivity contribution in [1.29, 1.82) is 0 Å². The topological polar surface area (TPSA) is 108 Å². The quantitative estimate of drug-likeness (QED) is 0.0211. The van der Waals surface area contributed by atoms with Gasteiger partial charge in [0.2, 0.25) is 0 Å². The van der Waals surface area contributed by atoms with Crippen LogP contribution >= 0.6 is 7.82 Å². The lowest BCUT2D eigenvalue weighted by Gasteiger charge is -2.24. The zero-order valence-corrected chi connectivity index (χ0v) is 63.7. The van der Waals surface area contributed by atoms with Gasteiger partial charge in [-0.2, -0.15) is 0 Å². The molecule has 0 heterocycles. The van der Waals surface area contributed by atoms with E-state index in [0.29, 0.717) is 17.4 Å². The van der Waals surface area contributed by atoms with Gasteiger partial charge >= 0.3 is 19.8 Å². The summed E-state index contributed by atoms with van der Waals surface area (Å²) in [6.45, 7) is 4.31. The number of carbonyl (C=O) groups is 2. The fourth-order valence-electron chi connectivity index (χ4n) is 10.8. The van der Waals surface area contributed by atoms with Gasteiger partial charge in [0.15, 0.2) is 6.10 Å². The molecule has 0 saturated carbocycles. The minimum Gasteiger partial charge on any atom is -0.462 e. The summed E-state index contributed by atoms with van der Waals surface area (Å²) >= 11 is 0. The van der Waals surface area contributed by atoms with E-state index < -0.39 is 26.5 Å². The molecule has 0 aliphatic carbocycles. The molecule has 2 unspecified atom stereocenters. The average Bonchev–Trinajstić information content (AvgIpc) is 2.72. The number of hydrogen-bond acceptors (Lipinski definition) is 7. The molecular weight excluding hydrogens is 1210 g/mol. The Labute approximate surface area is 593 Å². The highest BCUT2D eigenvalue weighted by Gasteiger charge is 2.27. The maximum atomic E-state index is 12.9. The monoisotopic (exact) mass is 1360 g/mol. The van der Waals surface area contributed by atoms with Gasteiger partial charge in [-0.1, -0.05) is 346 Å². The number of ether oxygens (including phenoxy) is 2. The van der Waals surface area contributed by atoms with E-state index in [1.165, 1.54) is 173 Å². The number of nitrogens with zero attached hydrogens (tertiary/aromatic N) is 1. The lowest BCUT2D eigenvalue weighted by molar-refractivity contribution is -0.870. The molecule has 96 heavy (non-hydrogen) atoms. The number of allylic oxidation sites excluding steroid dienone is 24. The number of likely N-dealkylation sites (N-methyl/N-ethyl adjacent to an activating group) is 1.